The summed E-state index contributed by atoms with van der Waals surface area (Å²) in [5.41, 5.74) is 1.51. The van der Waals surface area contributed by atoms with Crippen LogP contribution in [0.2, 0.25) is 0 Å². The lowest BCUT2D eigenvalue weighted by atomic mass is 9.91. The minimum Gasteiger partial charge on any atom is -0.384 e. The van der Waals surface area contributed by atoms with Crippen molar-refractivity contribution >= 4 is 0 Å². The summed E-state index contributed by atoms with van der Waals surface area (Å²) in [6.07, 6.45) is 6.68. The van der Waals surface area contributed by atoms with E-state index >= 15 is 0 Å². The molecule has 0 amide bonds. The van der Waals surface area contributed by atoms with Crippen LogP contribution in [0, 0.1) is 23.6 Å². The summed E-state index contributed by atoms with van der Waals surface area (Å²) in [4.78, 5) is 2.57. The molecule has 3 rings (SSSR count). The molecule has 1 aliphatic carbocycles. The number of fused-ring (bicyclic) bond motifs is 1. The third-order valence-corrected chi connectivity index (χ3v) is 4.83. The van der Waals surface area contributed by atoms with Gasteiger partial charge < -0.3 is 5.11 Å². The summed E-state index contributed by atoms with van der Waals surface area (Å²) in [5, 5.41) is 8.75. The standard InChI is InChI=1S/C18H22FNO/c19-17-9-8-14(12-16(17)6-3-11-21)13-20-10-2-5-15-4-1-7-18(15)20/h8-9,12,15,18,21H,1-2,4-5,7,10-11,13H2. The Morgan fingerprint density at radius 3 is 2.95 bits per heavy atom. The SMILES string of the molecule is OCC#Cc1cc(CN2CCCC3CCCC32)ccc1F. The molecule has 1 heterocycles. The number of nitrogens with zero attached hydrogens (tertiary/aromatic N) is 1. The molecule has 2 atom stereocenters. The van der Waals surface area contributed by atoms with Gasteiger partial charge in [-0.2, -0.15) is 0 Å². The number of rotatable bonds is 2. The maximum Gasteiger partial charge on any atom is 0.138 e. The number of hydrogen-bond donors (Lipinski definition) is 1. The minimum absolute atomic E-state index is 0.237. The minimum atomic E-state index is -0.308. The highest BCUT2D eigenvalue weighted by atomic mass is 19.1. The fourth-order valence-electron chi connectivity index (χ4n) is 3.89. The van der Waals surface area contributed by atoms with Gasteiger partial charge in [0.2, 0.25) is 0 Å². The van der Waals surface area contributed by atoms with E-state index in [0.717, 1.165) is 30.6 Å². The van der Waals surface area contributed by atoms with Gasteiger partial charge in [-0.15, -0.1) is 0 Å². The zero-order valence-electron chi connectivity index (χ0n) is 12.3. The Balaban J connectivity index is 1.75. The molecule has 1 N–H and O–H groups in total. The van der Waals surface area contributed by atoms with Gasteiger partial charge in [0.05, 0.1) is 5.56 Å². The first-order valence-electron chi connectivity index (χ1n) is 7.90. The first-order chi connectivity index (χ1) is 10.3. The summed E-state index contributed by atoms with van der Waals surface area (Å²) < 4.78 is 13.7. The molecule has 2 aliphatic rings. The largest absolute Gasteiger partial charge is 0.384 e. The quantitative estimate of drug-likeness (QED) is 0.845. The average Bonchev–Trinajstić information content (AvgIpc) is 2.97. The van der Waals surface area contributed by atoms with E-state index in [0.29, 0.717) is 5.56 Å². The van der Waals surface area contributed by atoms with Crippen LogP contribution in [-0.4, -0.2) is 29.2 Å². The van der Waals surface area contributed by atoms with E-state index in [1.165, 1.54) is 38.2 Å². The molecule has 1 aromatic carbocycles. The van der Waals surface area contributed by atoms with E-state index in [1.807, 2.05) is 12.1 Å². The summed E-state index contributed by atoms with van der Waals surface area (Å²) in [6, 6.07) is 5.90. The van der Waals surface area contributed by atoms with Gasteiger partial charge in [-0.25, -0.2) is 4.39 Å². The van der Waals surface area contributed by atoms with Gasteiger partial charge in [-0.05, 0) is 55.8 Å². The van der Waals surface area contributed by atoms with Gasteiger partial charge in [0.25, 0.3) is 0 Å². The number of halogens is 1. The fraction of sp³-hybridized carbons (Fsp3) is 0.556. The normalized spacial score (nSPS) is 25.2. The maximum atomic E-state index is 13.7. The van der Waals surface area contributed by atoms with E-state index in [9.17, 15) is 4.39 Å². The average molecular weight is 287 g/mol. The third kappa shape index (κ3) is 3.28. The molecule has 0 radical (unpaired) electrons. The number of hydrogen-bond acceptors (Lipinski definition) is 2. The Morgan fingerprint density at radius 1 is 1.24 bits per heavy atom. The van der Waals surface area contributed by atoms with Gasteiger partial charge in [-0.1, -0.05) is 24.3 Å². The van der Waals surface area contributed by atoms with Crippen LogP contribution in [0.15, 0.2) is 18.2 Å². The zero-order chi connectivity index (χ0) is 14.7. The van der Waals surface area contributed by atoms with E-state index < -0.39 is 0 Å². The van der Waals surface area contributed by atoms with Crippen LogP contribution in [-0.2, 0) is 6.54 Å². The molecule has 1 saturated heterocycles. The summed E-state index contributed by atoms with van der Waals surface area (Å²) in [7, 11) is 0. The van der Waals surface area contributed by atoms with Crippen molar-refractivity contribution < 1.29 is 9.50 Å². The Kier molecular flexibility index (Phi) is 4.57. The van der Waals surface area contributed by atoms with Gasteiger partial charge in [0.1, 0.15) is 12.4 Å². The van der Waals surface area contributed by atoms with Crippen molar-refractivity contribution in [2.75, 3.05) is 13.2 Å². The molecular formula is C18H22FNO. The van der Waals surface area contributed by atoms with E-state index in [1.54, 1.807) is 0 Å². The second kappa shape index (κ2) is 6.60. The zero-order valence-corrected chi connectivity index (χ0v) is 12.3. The first kappa shape index (κ1) is 14.6. The Morgan fingerprint density at radius 2 is 2.10 bits per heavy atom. The Bertz CT molecular complexity index is 560. The predicted molar refractivity (Wildman–Crippen MR) is 81.1 cm³/mol. The second-order valence-electron chi connectivity index (χ2n) is 6.15. The molecule has 0 aromatic heterocycles. The summed E-state index contributed by atoms with van der Waals surface area (Å²) in [5.74, 6) is 5.78. The van der Waals surface area contributed by atoms with Crippen LogP contribution in [0.1, 0.15) is 43.2 Å². The van der Waals surface area contributed by atoms with Crippen molar-refractivity contribution in [1.82, 2.24) is 4.90 Å². The van der Waals surface area contributed by atoms with Crippen molar-refractivity contribution in [2.45, 2.75) is 44.7 Å². The molecule has 1 aliphatic heterocycles. The molecule has 2 fully saturated rings. The van der Waals surface area contributed by atoms with Gasteiger partial charge >= 0.3 is 0 Å². The number of aliphatic hydroxyl groups excluding tert-OH is 1. The van der Waals surface area contributed by atoms with E-state index in [4.69, 9.17) is 5.11 Å². The van der Waals surface area contributed by atoms with Crippen molar-refractivity contribution in [1.29, 1.82) is 0 Å². The molecule has 0 bridgehead atoms. The molecule has 112 valence electrons. The molecule has 3 heteroatoms. The highest BCUT2D eigenvalue weighted by molar-refractivity contribution is 5.38. The number of aliphatic hydroxyl groups is 1. The van der Waals surface area contributed by atoms with Gasteiger partial charge in [-0.3, -0.25) is 4.90 Å². The number of piperidine rings is 1. The van der Waals surface area contributed by atoms with E-state index in [2.05, 4.69) is 16.7 Å². The molecular weight excluding hydrogens is 265 g/mol. The molecule has 2 unspecified atom stereocenters. The molecule has 0 spiro atoms. The monoisotopic (exact) mass is 287 g/mol. The van der Waals surface area contributed by atoms with Crippen LogP contribution in [0.4, 0.5) is 4.39 Å². The summed E-state index contributed by atoms with van der Waals surface area (Å²) in [6.45, 7) is 1.80. The molecule has 1 saturated carbocycles. The van der Waals surface area contributed by atoms with Crippen molar-refractivity contribution in [3.63, 3.8) is 0 Å². The maximum absolute atomic E-state index is 13.7. The van der Waals surface area contributed by atoms with Crippen molar-refractivity contribution in [3.05, 3.63) is 35.1 Å². The number of benzene rings is 1. The van der Waals surface area contributed by atoms with Crippen molar-refractivity contribution in [3.8, 4) is 11.8 Å². The highest BCUT2D eigenvalue weighted by Gasteiger charge is 2.34. The van der Waals surface area contributed by atoms with Gasteiger partial charge in [0, 0.05) is 12.6 Å². The molecule has 21 heavy (non-hydrogen) atoms. The lowest BCUT2D eigenvalue weighted by molar-refractivity contribution is 0.106. The summed E-state index contributed by atoms with van der Waals surface area (Å²) >= 11 is 0. The Labute approximate surface area is 126 Å². The predicted octanol–water partition coefficient (Wildman–Crippen LogP) is 2.93. The van der Waals surface area contributed by atoms with Crippen LogP contribution >= 0.6 is 0 Å². The first-order valence-corrected chi connectivity index (χ1v) is 7.90. The number of likely N-dealkylation sites (tertiary alicyclic amines) is 1. The van der Waals surface area contributed by atoms with Crippen LogP contribution in [0.5, 0.6) is 0 Å². The smallest absolute Gasteiger partial charge is 0.138 e. The second-order valence-corrected chi connectivity index (χ2v) is 6.15. The highest BCUT2D eigenvalue weighted by Crippen LogP contribution is 2.37. The molecule has 2 nitrogen and oxygen atoms in total. The van der Waals surface area contributed by atoms with Crippen LogP contribution in [0.25, 0.3) is 0 Å². The Hall–Kier alpha value is -1.37. The topological polar surface area (TPSA) is 23.5 Å². The molecule has 1 aromatic rings. The fourth-order valence-corrected chi connectivity index (χ4v) is 3.89. The van der Waals surface area contributed by atoms with Crippen LogP contribution < -0.4 is 0 Å². The lowest BCUT2D eigenvalue weighted by Crippen LogP contribution is -2.41. The van der Waals surface area contributed by atoms with Crippen molar-refractivity contribution in [2.24, 2.45) is 5.92 Å². The lowest BCUT2D eigenvalue weighted by Gasteiger charge is -2.37. The third-order valence-electron chi connectivity index (χ3n) is 4.83. The van der Waals surface area contributed by atoms with Gasteiger partial charge in [0.15, 0.2) is 0 Å². The van der Waals surface area contributed by atoms with Crippen LogP contribution in [0.3, 0.4) is 0 Å². The van der Waals surface area contributed by atoms with E-state index in [-0.39, 0.29) is 12.4 Å².